The number of aromatic nitrogens is 2. The first kappa shape index (κ1) is 13.2. The van der Waals surface area contributed by atoms with Gasteiger partial charge in [-0.15, -0.1) is 11.6 Å². The van der Waals surface area contributed by atoms with Gasteiger partial charge in [0, 0.05) is 5.02 Å². The van der Waals surface area contributed by atoms with Gasteiger partial charge in [-0.1, -0.05) is 11.6 Å². The Morgan fingerprint density at radius 2 is 2.21 bits per heavy atom. The van der Waals surface area contributed by atoms with E-state index in [2.05, 4.69) is 4.98 Å². The zero-order chi connectivity index (χ0) is 13.6. The van der Waals surface area contributed by atoms with Crippen LogP contribution in [-0.4, -0.2) is 29.5 Å². The summed E-state index contributed by atoms with van der Waals surface area (Å²) in [6.45, 7) is 0. The highest BCUT2D eigenvalue weighted by molar-refractivity contribution is 7.91. The van der Waals surface area contributed by atoms with Gasteiger partial charge in [0.05, 0.1) is 34.5 Å². The fourth-order valence-electron chi connectivity index (χ4n) is 2.60. The minimum atomic E-state index is -2.94. The molecule has 0 spiro atoms. The Morgan fingerprint density at radius 1 is 1.42 bits per heavy atom. The zero-order valence-corrected chi connectivity index (χ0v) is 12.3. The van der Waals surface area contributed by atoms with Crippen LogP contribution in [0.1, 0.15) is 18.3 Å². The Morgan fingerprint density at radius 3 is 2.84 bits per heavy atom. The van der Waals surface area contributed by atoms with E-state index in [4.69, 9.17) is 23.2 Å². The van der Waals surface area contributed by atoms with Crippen molar-refractivity contribution in [2.24, 2.45) is 0 Å². The average molecular weight is 319 g/mol. The lowest BCUT2D eigenvalue weighted by Gasteiger charge is -2.14. The molecule has 1 aliphatic heterocycles. The molecular weight excluding hydrogens is 307 g/mol. The minimum Gasteiger partial charge on any atom is -0.323 e. The van der Waals surface area contributed by atoms with Crippen LogP contribution in [0, 0.1) is 0 Å². The number of benzene rings is 1. The lowest BCUT2D eigenvalue weighted by atomic mass is 10.2. The summed E-state index contributed by atoms with van der Waals surface area (Å²) in [5, 5.41) is 0.609. The Hall–Kier alpha value is -0.780. The Kier molecular flexibility index (Phi) is 3.23. The van der Waals surface area contributed by atoms with Crippen molar-refractivity contribution in [1.82, 2.24) is 9.55 Å². The lowest BCUT2D eigenvalue weighted by Crippen LogP contribution is -2.13. The van der Waals surface area contributed by atoms with Gasteiger partial charge in [0.25, 0.3) is 0 Å². The number of hydrogen-bond donors (Lipinski definition) is 0. The molecule has 1 aromatic carbocycles. The van der Waals surface area contributed by atoms with Crippen LogP contribution in [0.5, 0.6) is 0 Å². The van der Waals surface area contributed by atoms with Gasteiger partial charge in [-0.25, -0.2) is 13.4 Å². The zero-order valence-electron chi connectivity index (χ0n) is 10.0. The van der Waals surface area contributed by atoms with Gasteiger partial charge >= 0.3 is 0 Å². The molecule has 1 atom stereocenters. The molecular formula is C12H12Cl2N2O2S. The fraction of sp³-hybridized carbons (Fsp3) is 0.417. The Bertz CT molecular complexity index is 740. The first-order valence-corrected chi connectivity index (χ1v) is 8.66. The van der Waals surface area contributed by atoms with Crippen LogP contribution in [-0.2, 0) is 15.7 Å². The molecule has 0 saturated carbocycles. The average Bonchev–Trinajstić information content (AvgIpc) is 2.88. The lowest BCUT2D eigenvalue weighted by molar-refractivity contribution is 0.554. The van der Waals surface area contributed by atoms with Crippen molar-refractivity contribution in [3.05, 3.63) is 29.0 Å². The van der Waals surface area contributed by atoms with Crippen LogP contribution in [0.2, 0.25) is 5.02 Å². The van der Waals surface area contributed by atoms with Crippen molar-refractivity contribution in [3.8, 4) is 0 Å². The molecule has 1 saturated heterocycles. The molecule has 0 aliphatic carbocycles. The van der Waals surface area contributed by atoms with E-state index in [0.717, 1.165) is 11.0 Å². The van der Waals surface area contributed by atoms with Crippen LogP contribution in [0.3, 0.4) is 0 Å². The molecule has 2 aromatic rings. The van der Waals surface area contributed by atoms with Crippen molar-refractivity contribution in [3.63, 3.8) is 0 Å². The summed E-state index contributed by atoms with van der Waals surface area (Å²) in [7, 11) is -2.94. The second-order valence-corrected chi connectivity index (χ2v) is 7.65. The van der Waals surface area contributed by atoms with E-state index in [1.54, 1.807) is 12.1 Å². The summed E-state index contributed by atoms with van der Waals surface area (Å²) in [6, 6.07) is 5.34. The van der Waals surface area contributed by atoms with Crippen LogP contribution < -0.4 is 0 Å². The number of rotatable bonds is 2. The molecule has 1 aromatic heterocycles. The number of fused-ring (bicyclic) bond motifs is 1. The van der Waals surface area contributed by atoms with E-state index in [0.29, 0.717) is 17.3 Å². The maximum Gasteiger partial charge on any atom is 0.152 e. The molecule has 7 heteroatoms. The topological polar surface area (TPSA) is 52.0 Å². The standard InChI is InChI=1S/C12H12Cl2N2O2S/c13-6-12-15-10-5-8(14)1-2-11(10)16(12)9-3-4-19(17,18)7-9/h1-2,5,9H,3-4,6-7H2. The highest BCUT2D eigenvalue weighted by atomic mass is 35.5. The van der Waals surface area contributed by atoms with Crippen LogP contribution >= 0.6 is 23.2 Å². The first-order chi connectivity index (χ1) is 9.00. The normalized spacial score (nSPS) is 22.1. The summed E-state index contributed by atoms with van der Waals surface area (Å²) in [4.78, 5) is 4.44. The van der Waals surface area contributed by atoms with Crippen LogP contribution in [0.25, 0.3) is 11.0 Å². The van der Waals surface area contributed by atoms with Crippen LogP contribution in [0.15, 0.2) is 18.2 Å². The molecule has 0 amide bonds. The summed E-state index contributed by atoms with van der Waals surface area (Å²) < 4.78 is 25.2. The minimum absolute atomic E-state index is 0.0788. The summed E-state index contributed by atoms with van der Waals surface area (Å²) in [5.41, 5.74) is 1.65. The predicted octanol–water partition coefficient (Wildman–Crippen LogP) is 2.79. The van der Waals surface area contributed by atoms with Crippen molar-refractivity contribution < 1.29 is 8.42 Å². The van der Waals surface area contributed by atoms with Crippen molar-refractivity contribution in [1.29, 1.82) is 0 Å². The quantitative estimate of drug-likeness (QED) is 0.800. The fourth-order valence-corrected chi connectivity index (χ4v) is 4.66. The van der Waals surface area contributed by atoms with E-state index in [1.807, 2.05) is 10.6 Å². The molecule has 2 heterocycles. The van der Waals surface area contributed by atoms with Gasteiger partial charge in [0.1, 0.15) is 5.82 Å². The third-order valence-corrected chi connectivity index (χ3v) is 5.64. The smallest absolute Gasteiger partial charge is 0.152 e. The van der Waals surface area contributed by atoms with Gasteiger partial charge in [0.2, 0.25) is 0 Å². The van der Waals surface area contributed by atoms with Crippen molar-refractivity contribution >= 4 is 44.1 Å². The van der Waals surface area contributed by atoms with Gasteiger partial charge in [-0.05, 0) is 24.6 Å². The van der Waals surface area contributed by atoms with E-state index in [9.17, 15) is 8.42 Å². The highest BCUT2D eigenvalue weighted by Gasteiger charge is 2.31. The molecule has 0 radical (unpaired) electrons. The first-order valence-electron chi connectivity index (χ1n) is 5.93. The number of nitrogens with zero attached hydrogens (tertiary/aromatic N) is 2. The van der Waals surface area contributed by atoms with Crippen molar-refractivity contribution in [2.75, 3.05) is 11.5 Å². The molecule has 3 rings (SSSR count). The molecule has 1 fully saturated rings. The second kappa shape index (κ2) is 4.65. The summed E-state index contributed by atoms with van der Waals surface area (Å²) in [5.74, 6) is 1.33. The van der Waals surface area contributed by atoms with Gasteiger partial charge in [-0.3, -0.25) is 0 Å². The van der Waals surface area contributed by atoms with Gasteiger partial charge in [0.15, 0.2) is 9.84 Å². The number of imidazole rings is 1. The monoisotopic (exact) mass is 318 g/mol. The van der Waals surface area contributed by atoms with E-state index in [-0.39, 0.29) is 23.4 Å². The maximum atomic E-state index is 11.6. The molecule has 19 heavy (non-hydrogen) atoms. The van der Waals surface area contributed by atoms with Crippen LogP contribution in [0.4, 0.5) is 0 Å². The molecule has 1 unspecified atom stereocenters. The van der Waals surface area contributed by atoms with Gasteiger partial charge in [-0.2, -0.15) is 0 Å². The molecule has 0 bridgehead atoms. The molecule has 102 valence electrons. The Balaban J connectivity index is 2.16. The van der Waals surface area contributed by atoms with E-state index < -0.39 is 9.84 Å². The van der Waals surface area contributed by atoms with Crippen molar-refractivity contribution in [2.45, 2.75) is 18.3 Å². The number of halogens is 2. The highest BCUT2D eigenvalue weighted by Crippen LogP contribution is 2.31. The maximum absolute atomic E-state index is 11.6. The third-order valence-electron chi connectivity index (χ3n) is 3.42. The number of alkyl halides is 1. The van der Waals surface area contributed by atoms with Gasteiger partial charge < -0.3 is 4.57 Å². The second-order valence-electron chi connectivity index (χ2n) is 4.72. The van der Waals surface area contributed by atoms with E-state index >= 15 is 0 Å². The summed E-state index contributed by atoms with van der Waals surface area (Å²) >= 11 is 11.9. The molecule has 4 nitrogen and oxygen atoms in total. The number of hydrogen-bond acceptors (Lipinski definition) is 3. The largest absolute Gasteiger partial charge is 0.323 e. The predicted molar refractivity (Wildman–Crippen MR) is 76.6 cm³/mol. The third kappa shape index (κ3) is 2.35. The Labute approximate surface area is 121 Å². The molecule has 0 N–H and O–H groups in total. The summed E-state index contributed by atoms with van der Waals surface area (Å²) in [6.07, 6.45) is 0.611. The SMILES string of the molecule is O=S1(=O)CCC(n2c(CCl)nc3cc(Cl)ccc32)C1. The number of sulfone groups is 1. The molecule has 1 aliphatic rings. The van der Waals surface area contributed by atoms with E-state index in [1.165, 1.54) is 0 Å².